The maximum atomic E-state index is 11.8. The van der Waals surface area contributed by atoms with Crippen LogP contribution in [0.5, 0.6) is 0 Å². The Bertz CT molecular complexity index is 483. The second-order valence-corrected chi connectivity index (χ2v) is 4.20. The van der Waals surface area contributed by atoms with Gasteiger partial charge in [-0.2, -0.15) is 0 Å². The molecule has 1 amide bonds. The fourth-order valence-electron chi connectivity index (χ4n) is 1.23. The number of hydrogen-bond acceptors (Lipinski definition) is 3. The van der Waals surface area contributed by atoms with Crippen molar-refractivity contribution in [3.8, 4) is 0 Å². The van der Waals surface area contributed by atoms with Crippen LogP contribution in [0.3, 0.4) is 0 Å². The zero-order chi connectivity index (χ0) is 13.9. The van der Waals surface area contributed by atoms with Gasteiger partial charge in [-0.15, -0.1) is 0 Å². The summed E-state index contributed by atoms with van der Waals surface area (Å²) in [6, 6.07) is 4.75. The number of amides is 1. The quantitative estimate of drug-likeness (QED) is 0.663. The molecule has 0 heterocycles. The van der Waals surface area contributed by atoms with Gasteiger partial charge in [0.25, 0.3) is 5.91 Å². The van der Waals surface area contributed by atoms with Gasteiger partial charge < -0.3 is 10.0 Å². The van der Waals surface area contributed by atoms with E-state index in [0.717, 1.165) is 4.90 Å². The molecule has 0 aliphatic heterocycles. The lowest BCUT2D eigenvalue weighted by atomic mass is 10.1. The van der Waals surface area contributed by atoms with Crippen molar-refractivity contribution >= 4 is 29.3 Å². The van der Waals surface area contributed by atoms with E-state index < -0.39 is 23.7 Å². The van der Waals surface area contributed by atoms with Crippen LogP contribution >= 0.6 is 11.6 Å². The maximum Gasteiger partial charge on any atom is 0.326 e. The molecule has 6 heteroatoms. The SMILES string of the molecule is C[C@H](C(=O)O)N(C)C(=O)C(=O)c1ccc(Cl)cc1. The largest absolute Gasteiger partial charge is 0.480 e. The van der Waals surface area contributed by atoms with Gasteiger partial charge in [0.2, 0.25) is 5.78 Å². The number of likely N-dealkylation sites (N-methyl/N-ethyl adjacent to an activating group) is 1. The number of rotatable bonds is 4. The van der Waals surface area contributed by atoms with Gasteiger partial charge in [0.05, 0.1) is 0 Å². The summed E-state index contributed by atoms with van der Waals surface area (Å²) in [6.07, 6.45) is 0. The predicted molar refractivity (Wildman–Crippen MR) is 65.7 cm³/mol. The molecule has 96 valence electrons. The number of carbonyl (C=O) groups is 3. The first kappa shape index (κ1) is 14.2. The lowest BCUT2D eigenvalue weighted by Crippen LogP contribution is -2.43. The lowest BCUT2D eigenvalue weighted by molar-refractivity contribution is -0.146. The fourth-order valence-corrected chi connectivity index (χ4v) is 1.35. The number of carboxylic acids is 1. The zero-order valence-electron chi connectivity index (χ0n) is 9.88. The predicted octanol–water partition coefficient (Wildman–Crippen LogP) is 1.45. The van der Waals surface area contributed by atoms with E-state index in [-0.39, 0.29) is 5.56 Å². The molecule has 0 bridgehead atoms. The van der Waals surface area contributed by atoms with Crippen molar-refractivity contribution in [2.45, 2.75) is 13.0 Å². The lowest BCUT2D eigenvalue weighted by Gasteiger charge is -2.20. The molecule has 5 nitrogen and oxygen atoms in total. The van der Waals surface area contributed by atoms with Crippen LogP contribution in [0.4, 0.5) is 0 Å². The van der Waals surface area contributed by atoms with E-state index in [1.165, 1.54) is 38.2 Å². The van der Waals surface area contributed by atoms with Crippen LogP contribution in [0, 0.1) is 0 Å². The Kier molecular flexibility index (Phi) is 4.44. The average molecular weight is 270 g/mol. The number of ketones is 1. The summed E-state index contributed by atoms with van der Waals surface area (Å²) < 4.78 is 0. The molecule has 0 aliphatic rings. The Balaban J connectivity index is 2.87. The topological polar surface area (TPSA) is 74.7 Å². The van der Waals surface area contributed by atoms with Gasteiger partial charge in [-0.05, 0) is 31.2 Å². The van der Waals surface area contributed by atoms with Gasteiger partial charge in [0.15, 0.2) is 0 Å². The van der Waals surface area contributed by atoms with Crippen LogP contribution in [0.15, 0.2) is 24.3 Å². The van der Waals surface area contributed by atoms with Crippen LogP contribution in [0.2, 0.25) is 5.02 Å². The maximum absolute atomic E-state index is 11.8. The van der Waals surface area contributed by atoms with Gasteiger partial charge in [0.1, 0.15) is 6.04 Å². The van der Waals surface area contributed by atoms with Crippen LogP contribution in [0.25, 0.3) is 0 Å². The molecule has 1 rings (SSSR count). The molecule has 0 saturated heterocycles. The molecule has 1 aromatic rings. The number of nitrogens with zero attached hydrogens (tertiary/aromatic N) is 1. The normalized spacial score (nSPS) is 11.7. The van der Waals surface area contributed by atoms with Crippen LogP contribution < -0.4 is 0 Å². The van der Waals surface area contributed by atoms with E-state index in [0.29, 0.717) is 5.02 Å². The highest BCUT2D eigenvalue weighted by Crippen LogP contribution is 2.11. The molecule has 0 aliphatic carbocycles. The molecule has 0 spiro atoms. The smallest absolute Gasteiger partial charge is 0.326 e. The highest BCUT2D eigenvalue weighted by atomic mass is 35.5. The number of aliphatic carboxylic acids is 1. The van der Waals surface area contributed by atoms with Crippen LogP contribution in [0.1, 0.15) is 17.3 Å². The monoisotopic (exact) mass is 269 g/mol. The molecule has 0 radical (unpaired) electrons. The number of halogens is 1. The molecule has 0 fully saturated rings. The first-order valence-corrected chi connectivity index (χ1v) is 5.52. The Labute approximate surface area is 109 Å². The van der Waals surface area contributed by atoms with Gasteiger partial charge >= 0.3 is 5.97 Å². The summed E-state index contributed by atoms with van der Waals surface area (Å²) in [7, 11) is 1.27. The molecule has 18 heavy (non-hydrogen) atoms. The van der Waals surface area contributed by atoms with Crippen LogP contribution in [-0.2, 0) is 9.59 Å². The Morgan fingerprint density at radius 3 is 2.17 bits per heavy atom. The second kappa shape index (κ2) is 5.64. The third-order valence-electron chi connectivity index (χ3n) is 2.56. The molecule has 1 aromatic carbocycles. The first-order valence-electron chi connectivity index (χ1n) is 5.14. The molecule has 0 unspecified atom stereocenters. The highest BCUT2D eigenvalue weighted by Gasteiger charge is 2.27. The van der Waals surface area contributed by atoms with Crippen molar-refractivity contribution in [3.05, 3.63) is 34.9 Å². The van der Waals surface area contributed by atoms with Gasteiger partial charge in [-0.3, -0.25) is 9.59 Å². The van der Waals surface area contributed by atoms with E-state index in [1.54, 1.807) is 0 Å². The molecular weight excluding hydrogens is 258 g/mol. The fraction of sp³-hybridized carbons (Fsp3) is 0.250. The van der Waals surface area contributed by atoms with Crippen molar-refractivity contribution in [1.29, 1.82) is 0 Å². The first-order chi connectivity index (χ1) is 8.34. The van der Waals surface area contributed by atoms with Crippen LogP contribution in [-0.4, -0.2) is 40.8 Å². The summed E-state index contributed by atoms with van der Waals surface area (Å²) >= 11 is 5.67. The average Bonchev–Trinajstić information content (AvgIpc) is 2.36. The minimum atomic E-state index is -1.17. The Hall–Kier alpha value is -1.88. The van der Waals surface area contributed by atoms with Gasteiger partial charge in [-0.25, -0.2) is 4.79 Å². The molecular formula is C12H12ClNO4. The summed E-state index contributed by atoms with van der Waals surface area (Å²) in [6.45, 7) is 1.33. The molecule has 1 atom stereocenters. The summed E-state index contributed by atoms with van der Waals surface area (Å²) in [5, 5.41) is 9.22. The molecule has 0 aromatic heterocycles. The minimum absolute atomic E-state index is 0.175. The van der Waals surface area contributed by atoms with Crippen molar-refractivity contribution in [2.24, 2.45) is 0 Å². The summed E-state index contributed by atoms with van der Waals surface area (Å²) in [5.74, 6) is -2.80. The van der Waals surface area contributed by atoms with E-state index >= 15 is 0 Å². The summed E-state index contributed by atoms with van der Waals surface area (Å²) in [5.41, 5.74) is 0.175. The Morgan fingerprint density at radius 1 is 1.22 bits per heavy atom. The third kappa shape index (κ3) is 3.07. The standard InChI is InChI=1S/C12H12ClNO4/c1-7(12(17)18)14(2)11(16)10(15)8-3-5-9(13)6-4-8/h3-7H,1-2H3,(H,17,18)/t7-/m1/s1. The van der Waals surface area contributed by atoms with E-state index in [1.807, 2.05) is 0 Å². The van der Waals surface area contributed by atoms with Crippen molar-refractivity contribution in [3.63, 3.8) is 0 Å². The van der Waals surface area contributed by atoms with Gasteiger partial charge in [0, 0.05) is 17.6 Å². The highest BCUT2D eigenvalue weighted by molar-refractivity contribution is 6.43. The zero-order valence-corrected chi connectivity index (χ0v) is 10.6. The second-order valence-electron chi connectivity index (χ2n) is 3.77. The van der Waals surface area contributed by atoms with E-state index in [4.69, 9.17) is 16.7 Å². The minimum Gasteiger partial charge on any atom is -0.480 e. The summed E-state index contributed by atoms with van der Waals surface area (Å²) in [4.78, 5) is 35.2. The van der Waals surface area contributed by atoms with Crippen molar-refractivity contribution < 1.29 is 19.5 Å². The van der Waals surface area contributed by atoms with Crippen molar-refractivity contribution in [1.82, 2.24) is 4.90 Å². The molecule has 1 N–H and O–H groups in total. The van der Waals surface area contributed by atoms with E-state index in [9.17, 15) is 14.4 Å². The number of benzene rings is 1. The Morgan fingerprint density at radius 2 is 1.72 bits per heavy atom. The molecule has 0 saturated carbocycles. The van der Waals surface area contributed by atoms with Crippen molar-refractivity contribution in [2.75, 3.05) is 7.05 Å². The number of carbonyl (C=O) groups excluding carboxylic acids is 2. The number of carboxylic acid groups (broad SMARTS) is 1. The van der Waals surface area contributed by atoms with Gasteiger partial charge in [-0.1, -0.05) is 11.6 Å². The number of hydrogen-bond donors (Lipinski definition) is 1. The number of Topliss-reactive ketones (excluding diaryl/α,β-unsaturated/α-hetero) is 1. The third-order valence-corrected chi connectivity index (χ3v) is 2.81. The van der Waals surface area contributed by atoms with E-state index in [2.05, 4.69) is 0 Å².